The molecule has 0 bridgehead atoms. The van der Waals surface area contributed by atoms with Gasteiger partial charge in [0.15, 0.2) is 11.5 Å². The zero-order valence-electron chi connectivity index (χ0n) is 14.4. The molecule has 0 aliphatic carbocycles. The smallest absolute Gasteiger partial charge is 0.274 e. The molecule has 0 radical (unpaired) electrons. The zero-order valence-corrected chi connectivity index (χ0v) is 14.4. The second-order valence-corrected chi connectivity index (χ2v) is 7.20. The fourth-order valence-electron chi connectivity index (χ4n) is 3.71. The molecule has 2 saturated heterocycles. The summed E-state index contributed by atoms with van der Waals surface area (Å²) in [5.74, 6) is 2.37. The third-order valence-electron chi connectivity index (χ3n) is 5.30. The quantitative estimate of drug-likeness (QED) is 0.860. The van der Waals surface area contributed by atoms with Crippen molar-refractivity contribution in [2.75, 3.05) is 31.1 Å². The highest BCUT2D eigenvalue weighted by molar-refractivity contribution is 5.92. The van der Waals surface area contributed by atoms with E-state index in [0.29, 0.717) is 11.6 Å². The van der Waals surface area contributed by atoms with E-state index in [-0.39, 0.29) is 5.91 Å². The maximum absolute atomic E-state index is 12.7. The van der Waals surface area contributed by atoms with Crippen molar-refractivity contribution >= 4 is 11.7 Å². The van der Waals surface area contributed by atoms with Crippen molar-refractivity contribution in [3.8, 4) is 0 Å². The van der Waals surface area contributed by atoms with Gasteiger partial charge in [0.25, 0.3) is 5.91 Å². The Morgan fingerprint density at radius 2 is 1.83 bits per heavy atom. The van der Waals surface area contributed by atoms with Crippen LogP contribution in [-0.2, 0) is 0 Å². The Morgan fingerprint density at radius 1 is 1.04 bits per heavy atom. The van der Waals surface area contributed by atoms with Gasteiger partial charge in [-0.1, -0.05) is 13.8 Å². The number of likely N-dealkylation sites (tertiary alicyclic amines) is 1. The molecule has 0 saturated carbocycles. The van der Waals surface area contributed by atoms with Crippen LogP contribution in [0.3, 0.4) is 0 Å². The molecule has 0 spiro atoms. The summed E-state index contributed by atoms with van der Waals surface area (Å²) >= 11 is 0. The van der Waals surface area contributed by atoms with Crippen LogP contribution < -0.4 is 4.90 Å². The summed E-state index contributed by atoms with van der Waals surface area (Å²) in [6.45, 7) is 8.35. The Bertz CT molecular complexity index is 522. The van der Waals surface area contributed by atoms with E-state index < -0.39 is 0 Å². The number of rotatable bonds is 3. The van der Waals surface area contributed by atoms with E-state index in [0.717, 1.165) is 50.8 Å². The monoisotopic (exact) mass is 316 g/mol. The summed E-state index contributed by atoms with van der Waals surface area (Å²) in [6, 6.07) is 3.79. The van der Waals surface area contributed by atoms with Crippen molar-refractivity contribution in [1.82, 2.24) is 15.1 Å². The van der Waals surface area contributed by atoms with Crippen LogP contribution in [0.25, 0.3) is 0 Å². The number of nitrogens with zero attached hydrogens (tertiary/aromatic N) is 4. The molecule has 1 amide bonds. The first-order valence-electron chi connectivity index (χ1n) is 9.03. The van der Waals surface area contributed by atoms with Crippen LogP contribution in [0, 0.1) is 11.8 Å². The normalized spacial score (nSPS) is 22.5. The fraction of sp³-hybridized carbons (Fsp3) is 0.722. The lowest BCUT2D eigenvalue weighted by molar-refractivity contribution is 0.0751. The Hall–Kier alpha value is -1.65. The second kappa shape index (κ2) is 7.28. The molecule has 3 rings (SSSR count). The average molecular weight is 316 g/mol. The van der Waals surface area contributed by atoms with Gasteiger partial charge in [-0.2, -0.15) is 0 Å². The lowest BCUT2D eigenvalue weighted by Crippen LogP contribution is -2.33. The minimum Gasteiger partial charge on any atom is -0.355 e. The Morgan fingerprint density at radius 3 is 2.48 bits per heavy atom. The maximum Gasteiger partial charge on any atom is 0.274 e. The molecule has 2 aliphatic heterocycles. The molecule has 23 heavy (non-hydrogen) atoms. The van der Waals surface area contributed by atoms with Crippen LogP contribution in [0.2, 0.25) is 0 Å². The van der Waals surface area contributed by atoms with E-state index in [1.165, 1.54) is 19.3 Å². The number of aromatic nitrogens is 2. The highest BCUT2D eigenvalue weighted by atomic mass is 16.2. The molecule has 126 valence electrons. The van der Waals surface area contributed by atoms with E-state index in [4.69, 9.17) is 0 Å². The van der Waals surface area contributed by atoms with Gasteiger partial charge >= 0.3 is 0 Å². The molecule has 1 aromatic heterocycles. The van der Waals surface area contributed by atoms with Crippen LogP contribution in [0.15, 0.2) is 12.1 Å². The van der Waals surface area contributed by atoms with Gasteiger partial charge in [-0.05, 0) is 56.1 Å². The van der Waals surface area contributed by atoms with Crippen molar-refractivity contribution in [3.05, 3.63) is 17.8 Å². The molecule has 2 aliphatic rings. The highest BCUT2D eigenvalue weighted by Gasteiger charge is 2.24. The van der Waals surface area contributed by atoms with E-state index in [1.807, 2.05) is 17.0 Å². The minimum atomic E-state index is 0.0369. The first-order valence-corrected chi connectivity index (χ1v) is 9.03. The van der Waals surface area contributed by atoms with Gasteiger partial charge in [0.2, 0.25) is 0 Å². The van der Waals surface area contributed by atoms with Crippen molar-refractivity contribution < 1.29 is 4.79 Å². The zero-order chi connectivity index (χ0) is 16.2. The van der Waals surface area contributed by atoms with Crippen molar-refractivity contribution in [3.63, 3.8) is 0 Å². The highest BCUT2D eigenvalue weighted by Crippen LogP contribution is 2.25. The number of hydrogen-bond donors (Lipinski definition) is 0. The van der Waals surface area contributed by atoms with Crippen molar-refractivity contribution in [2.24, 2.45) is 11.8 Å². The topological polar surface area (TPSA) is 49.3 Å². The molecule has 0 unspecified atom stereocenters. The van der Waals surface area contributed by atoms with E-state index >= 15 is 0 Å². The first kappa shape index (κ1) is 16.2. The van der Waals surface area contributed by atoms with Crippen LogP contribution in [0.1, 0.15) is 56.4 Å². The van der Waals surface area contributed by atoms with Gasteiger partial charge in [0.1, 0.15) is 0 Å². The molecule has 3 heterocycles. The third kappa shape index (κ3) is 3.82. The summed E-state index contributed by atoms with van der Waals surface area (Å²) in [4.78, 5) is 16.9. The molecule has 1 atom stereocenters. The number of hydrogen-bond acceptors (Lipinski definition) is 4. The second-order valence-electron chi connectivity index (χ2n) is 7.20. The predicted octanol–water partition coefficient (Wildman–Crippen LogP) is 2.98. The Labute approximate surface area is 139 Å². The minimum absolute atomic E-state index is 0.0369. The third-order valence-corrected chi connectivity index (χ3v) is 5.30. The number of carbonyl (C=O) groups is 1. The van der Waals surface area contributed by atoms with Gasteiger partial charge in [-0.25, -0.2) is 0 Å². The van der Waals surface area contributed by atoms with Crippen LogP contribution in [0.4, 0.5) is 5.82 Å². The molecule has 0 N–H and O–H groups in total. The molecular formula is C18H28N4O. The van der Waals surface area contributed by atoms with E-state index in [2.05, 4.69) is 28.9 Å². The number of amides is 1. The molecular weight excluding hydrogens is 288 g/mol. The Balaban J connectivity index is 1.63. The van der Waals surface area contributed by atoms with Gasteiger partial charge in [0, 0.05) is 26.2 Å². The van der Waals surface area contributed by atoms with Gasteiger partial charge < -0.3 is 9.80 Å². The van der Waals surface area contributed by atoms with E-state index in [1.54, 1.807) is 0 Å². The summed E-state index contributed by atoms with van der Waals surface area (Å²) in [6.07, 6.45) is 5.85. The molecule has 2 fully saturated rings. The van der Waals surface area contributed by atoms with Crippen molar-refractivity contribution in [1.29, 1.82) is 0 Å². The van der Waals surface area contributed by atoms with Crippen LogP contribution in [-0.4, -0.2) is 47.2 Å². The van der Waals surface area contributed by atoms with Gasteiger partial charge in [0.05, 0.1) is 0 Å². The lowest BCUT2D eigenvalue weighted by Gasteiger charge is -2.21. The summed E-state index contributed by atoms with van der Waals surface area (Å²) in [5.41, 5.74) is 0.482. The van der Waals surface area contributed by atoms with Crippen molar-refractivity contribution in [2.45, 2.75) is 46.0 Å². The van der Waals surface area contributed by atoms with Gasteiger partial charge in [-0.3, -0.25) is 4.79 Å². The summed E-state index contributed by atoms with van der Waals surface area (Å²) < 4.78 is 0. The molecule has 5 heteroatoms. The summed E-state index contributed by atoms with van der Waals surface area (Å²) in [5, 5.41) is 8.47. The lowest BCUT2D eigenvalue weighted by atomic mass is 9.89. The van der Waals surface area contributed by atoms with E-state index in [9.17, 15) is 4.79 Å². The SMILES string of the molecule is CC(C)[C@@H]1CCCN(C(=O)c2ccc(N3CCCC3)nn2)CC1. The molecule has 1 aromatic rings. The fourth-order valence-corrected chi connectivity index (χ4v) is 3.71. The maximum atomic E-state index is 12.7. The standard InChI is InChI=1S/C18H28N4O/c1-14(2)15-6-5-12-22(13-9-15)18(23)16-7-8-17(20-19-16)21-10-3-4-11-21/h7-8,14-15H,3-6,9-13H2,1-2H3/t15-/m1/s1. The van der Waals surface area contributed by atoms with Gasteiger partial charge in [-0.15, -0.1) is 10.2 Å². The number of anilines is 1. The first-order chi connectivity index (χ1) is 11.1. The largest absolute Gasteiger partial charge is 0.355 e. The predicted molar refractivity (Wildman–Crippen MR) is 91.6 cm³/mol. The number of carbonyl (C=O) groups excluding carboxylic acids is 1. The molecule has 5 nitrogen and oxygen atoms in total. The summed E-state index contributed by atoms with van der Waals surface area (Å²) in [7, 11) is 0. The average Bonchev–Trinajstić information content (AvgIpc) is 2.98. The molecule has 0 aromatic carbocycles. The van der Waals surface area contributed by atoms with Crippen LogP contribution in [0.5, 0.6) is 0 Å². The van der Waals surface area contributed by atoms with Crippen LogP contribution >= 0.6 is 0 Å². The Kier molecular flexibility index (Phi) is 5.13.